The Kier molecular flexibility index (Phi) is 8.20. The van der Waals surface area contributed by atoms with Crippen molar-refractivity contribution in [3.8, 4) is 0 Å². The molecule has 2 rings (SSSR count). The first kappa shape index (κ1) is 17.7. The van der Waals surface area contributed by atoms with Crippen LogP contribution in [0.2, 0.25) is 0 Å². The number of nitrogens with one attached hydrogen (secondary N) is 1. The van der Waals surface area contributed by atoms with E-state index in [9.17, 15) is 0 Å². The van der Waals surface area contributed by atoms with Crippen LogP contribution in [0.5, 0.6) is 0 Å². The molecule has 22 heavy (non-hydrogen) atoms. The van der Waals surface area contributed by atoms with E-state index in [0.717, 1.165) is 63.5 Å². The Balaban J connectivity index is 1.75. The minimum Gasteiger partial charge on any atom is -0.379 e. The summed E-state index contributed by atoms with van der Waals surface area (Å²) >= 11 is 5.58. The smallest absolute Gasteiger partial charge is 0.168 e. The second-order valence-electron chi connectivity index (χ2n) is 6.24. The van der Waals surface area contributed by atoms with Crippen LogP contribution < -0.4 is 5.32 Å². The molecule has 0 saturated carbocycles. The van der Waals surface area contributed by atoms with Crippen molar-refractivity contribution in [2.24, 2.45) is 5.92 Å². The molecule has 0 radical (unpaired) electrons. The monoisotopic (exact) mass is 325 g/mol. The van der Waals surface area contributed by atoms with Crippen molar-refractivity contribution in [3.05, 3.63) is 12.2 Å². The van der Waals surface area contributed by atoms with Gasteiger partial charge in [0.2, 0.25) is 0 Å². The van der Waals surface area contributed by atoms with Crippen LogP contribution in [0.1, 0.15) is 32.6 Å². The van der Waals surface area contributed by atoms with E-state index in [1.165, 1.54) is 25.7 Å². The van der Waals surface area contributed by atoms with Gasteiger partial charge >= 0.3 is 0 Å². The van der Waals surface area contributed by atoms with Crippen LogP contribution in [0.25, 0.3) is 0 Å². The molecule has 1 fully saturated rings. The summed E-state index contributed by atoms with van der Waals surface area (Å²) in [5, 5.41) is 4.26. The Morgan fingerprint density at radius 3 is 2.86 bits per heavy atom. The summed E-state index contributed by atoms with van der Waals surface area (Å²) in [4.78, 5) is 4.89. The van der Waals surface area contributed by atoms with Gasteiger partial charge in [-0.2, -0.15) is 0 Å². The van der Waals surface area contributed by atoms with E-state index < -0.39 is 0 Å². The molecule has 0 amide bonds. The fourth-order valence-electron chi connectivity index (χ4n) is 3.18. The van der Waals surface area contributed by atoms with Gasteiger partial charge in [0.05, 0.1) is 13.2 Å². The lowest BCUT2D eigenvalue weighted by atomic mass is 9.94. The first-order valence-electron chi connectivity index (χ1n) is 8.77. The maximum atomic E-state index is 5.58. The predicted octanol–water partition coefficient (Wildman–Crippen LogP) is 2.26. The highest BCUT2D eigenvalue weighted by Crippen LogP contribution is 2.19. The summed E-state index contributed by atoms with van der Waals surface area (Å²) in [5.41, 5.74) is 0. The van der Waals surface area contributed by atoms with Gasteiger partial charge in [0.25, 0.3) is 0 Å². The maximum Gasteiger partial charge on any atom is 0.168 e. The number of nitrogens with zero attached hydrogens (tertiary/aromatic N) is 2. The molecule has 4 nitrogen and oxygen atoms in total. The third kappa shape index (κ3) is 6.23. The van der Waals surface area contributed by atoms with Crippen LogP contribution in [0.3, 0.4) is 0 Å². The van der Waals surface area contributed by atoms with E-state index in [1.807, 2.05) is 0 Å². The maximum absolute atomic E-state index is 5.58. The zero-order valence-corrected chi connectivity index (χ0v) is 14.7. The van der Waals surface area contributed by atoms with Crippen LogP contribution in [-0.4, -0.2) is 67.4 Å². The Hall–Kier alpha value is -0.650. The number of ether oxygens (including phenoxy) is 1. The van der Waals surface area contributed by atoms with Gasteiger partial charge in [0.1, 0.15) is 0 Å². The van der Waals surface area contributed by atoms with Crippen molar-refractivity contribution >= 4 is 17.3 Å². The molecule has 1 aliphatic heterocycles. The van der Waals surface area contributed by atoms with E-state index in [1.54, 1.807) is 0 Å². The van der Waals surface area contributed by atoms with Crippen molar-refractivity contribution in [2.75, 3.05) is 52.5 Å². The second kappa shape index (κ2) is 10.2. The lowest BCUT2D eigenvalue weighted by molar-refractivity contribution is 0.0367. The molecule has 0 bridgehead atoms. The topological polar surface area (TPSA) is 27.7 Å². The number of hydrogen-bond donors (Lipinski definition) is 1. The lowest BCUT2D eigenvalue weighted by Gasteiger charge is -2.32. The fourth-order valence-corrected chi connectivity index (χ4v) is 3.49. The van der Waals surface area contributed by atoms with Gasteiger partial charge in [-0.25, -0.2) is 0 Å². The number of allylic oxidation sites excluding steroid dienone is 2. The van der Waals surface area contributed by atoms with Gasteiger partial charge in [-0.3, -0.25) is 4.90 Å². The third-order valence-corrected chi connectivity index (χ3v) is 4.88. The minimum absolute atomic E-state index is 0.755. The van der Waals surface area contributed by atoms with Crippen LogP contribution in [0.15, 0.2) is 12.2 Å². The van der Waals surface area contributed by atoms with Crippen molar-refractivity contribution in [2.45, 2.75) is 32.6 Å². The van der Waals surface area contributed by atoms with Gasteiger partial charge in [-0.05, 0) is 50.7 Å². The van der Waals surface area contributed by atoms with Gasteiger partial charge in [0.15, 0.2) is 5.11 Å². The molecule has 1 atom stereocenters. The number of hydrogen-bond acceptors (Lipinski definition) is 3. The van der Waals surface area contributed by atoms with E-state index in [4.69, 9.17) is 17.0 Å². The molecule has 126 valence electrons. The largest absolute Gasteiger partial charge is 0.379 e. The molecular weight excluding hydrogens is 294 g/mol. The summed E-state index contributed by atoms with van der Waals surface area (Å²) in [6.45, 7) is 10.2. The highest BCUT2D eigenvalue weighted by Gasteiger charge is 2.17. The van der Waals surface area contributed by atoms with Crippen molar-refractivity contribution < 1.29 is 4.74 Å². The van der Waals surface area contributed by atoms with E-state index >= 15 is 0 Å². The van der Waals surface area contributed by atoms with E-state index in [2.05, 4.69) is 34.2 Å². The molecule has 1 saturated heterocycles. The molecule has 1 unspecified atom stereocenters. The molecule has 0 aromatic rings. The first-order chi connectivity index (χ1) is 10.8. The Labute approximate surface area is 140 Å². The zero-order valence-electron chi connectivity index (χ0n) is 13.9. The SMILES string of the molecule is CCNC(=S)N(CCCN1CCOCC1)CC1CC=CCC1. The standard InChI is InChI=1S/C17H31N3OS/c1-2-18-17(22)20(15-16-7-4-3-5-8-16)10-6-9-19-11-13-21-14-12-19/h3-4,16H,2,5-15H2,1H3,(H,18,22). The molecule has 1 aliphatic carbocycles. The quantitative estimate of drug-likeness (QED) is 0.572. The van der Waals surface area contributed by atoms with E-state index in [-0.39, 0.29) is 0 Å². The Morgan fingerprint density at radius 2 is 2.18 bits per heavy atom. The van der Waals surface area contributed by atoms with Crippen LogP contribution >= 0.6 is 12.2 Å². The Morgan fingerprint density at radius 1 is 1.36 bits per heavy atom. The number of rotatable bonds is 7. The fraction of sp³-hybridized carbons (Fsp3) is 0.824. The summed E-state index contributed by atoms with van der Waals surface area (Å²) in [6.07, 6.45) is 9.53. The zero-order chi connectivity index (χ0) is 15.6. The van der Waals surface area contributed by atoms with Crippen molar-refractivity contribution in [3.63, 3.8) is 0 Å². The third-order valence-electron chi connectivity index (χ3n) is 4.48. The molecule has 0 spiro atoms. The summed E-state index contributed by atoms with van der Waals surface area (Å²) in [5.74, 6) is 0.755. The number of thiocarbonyl (C=S) groups is 1. The van der Waals surface area contributed by atoms with Gasteiger partial charge in [-0.15, -0.1) is 0 Å². The Bertz CT molecular complexity index is 356. The minimum atomic E-state index is 0.755. The van der Waals surface area contributed by atoms with Crippen molar-refractivity contribution in [1.29, 1.82) is 0 Å². The number of morpholine rings is 1. The molecule has 5 heteroatoms. The summed E-state index contributed by atoms with van der Waals surface area (Å²) in [6, 6.07) is 0. The summed E-state index contributed by atoms with van der Waals surface area (Å²) < 4.78 is 5.41. The van der Waals surface area contributed by atoms with Crippen LogP contribution in [0.4, 0.5) is 0 Å². The van der Waals surface area contributed by atoms with Gasteiger partial charge < -0.3 is 15.0 Å². The second-order valence-corrected chi connectivity index (χ2v) is 6.63. The molecule has 1 heterocycles. The molecule has 0 aromatic carbocycles. The van der Waals surface area contributed by atoms with Crippen LogP contribution in [0, 0.1) is 5.92 Å². The molecule has 0 aromatic heterocycles. The average Bonchev–Trinajstić information content (AvgIpc) is 2.56. The normalized spacial score (nSPS) is 22.5. The lowest BCUT2D eigenvalue weighted by Crippen LogP contribution is -2.44. The molecule has 2 aliphatic rings. The predicted molar refractivity (Wildman–Crippen MR) is 96.2 cm³/mol. The van der Waals surface area contributed by atoms with E-state index in [0.29, 0.717) is 0 Å². The molecular formula is C17H31N3OS. The van der Waals surface area contributed by atoms with Gasteiger partial charge in [0, 0.05) is 39.3 Å². The van der Waals surface area contributed by atoms with Crippen LogP contribution in [-0.2, 0) is 4.74 Å². The van der Waals surface area contributed by atoms with Crippen molar-refractivity contribution in [1.82, 2.24) is 15.1 Å². The highest BCUT2D eigenvalue weighted by atomic mass is 32.1. The molecule has 1 N–H and O–H groups in total. The summed E-state index contributed by atoms with van der Waals surface area (Å²) in [7, 11) is 0. The average molecular weight is 326 g/mol. The first-order valence-corrected chi connectivity index (χ1v) is 9.18. The highest BCUT2D eigenvalue weighted by molar-refractivity contribution is 7.80. The van der Waals surface area contributed by atoms with Gasteiger partial charge in [-0.1, -0.05) is 12.2 Å².